The number of aromatic nitrogens is 4. The predicted octanol–water partition coefficient (Wildman–Crippen LogP) is 6.34. The van der Waals surface area contributed by atoms with Gasteiger partial charge in [0.15, 0.2) is 5.69 Å². The minimum absolute atomic E-state index is 0.0572. The van der Waals surface area contributed by atoms with E-state index in [1.54, 1.807) is 0 Å². The van der Waals surface area contributed by atoms with E-state index in [-0.39, 0.29) is 28.6 Å². The number of halogens is 4. The number of hydrogen-bond donors (Lipinski definition) is 1. The first-order chi connectivity index (χ1) is 18.1. The molecule has 0 aliphatic heterocycles. The molecule has 7 rings (SSSR count). The maximum absolute atomic E-state index is 13.5. The zero-order chi connectivity index (χ0) is 26.7. The fraction of sp³-hybridized carbons (Fsp3) is 0.536. The second-order valence-corrected chi connectivity index (χ2v) is 11.8. The monoisotopic (exact) mass is 545 g/mol. The number of nitrogens with zero attached hydrogens (tertiary/aromatic N) is 4. The maximum atomic E-state index is 13.5. The largest absolute Gasteiger partial charge is 0.436 e. The Balaban J connectivity index is 1.21. The summed E-state index contributed by atoms with van der Waals surface area (Å²) in [4.78, 5) is 13.5. The van der Waals surface area contributed by atoms with E-state index >= 15 is 0 Å². The van der Waals surface area contributed by atoms with Crippen molar-refractivity contribution in [1.29, 1.82) is 0 Å². The lowest BCUT2D eigenvalue weighted by molar-refractivity contribution is -0.141. The van der Waals surface area contributed by atoms with Gasteiger partial charge in [-0.3, -0.25) is 9.48 Å². The summed E-state index contributed by atoms with van der Waals surface area (Å²) in [6.07, 6.45) is 4.82. The van der Waals surface area contributed by atoms with Gasteiger partial charge < -0.3 is 5.32 Å². The van der Waals surface area contributed by atoms with E-state index in [4.69, 9.17) is 16.7 Å². The molecule has 4 aliphatic rings. The van der Waals surface area contributed by atoms with Gasteiger partial charge in [-0.05, 0) is 81.8 Å². The van der Waals surface area contributed by atoms with Crippen molar-refractivity contribution < 1.29 is 18.0 Å². The van der Waals surface area contributed by atoms with E-state index in [0.717, 1.165) is 30.6 Å². The quantitative estimate of drug-likeness (QED) is 0.352. The van der Waals surface area contributed by atoms with Crippen molar-refractivity contribution in [3.05, 3.63) is 64.2 Å². The normalized spacial score (nSPS) is 26.2. The molecule has 10 heteroatoms. The van der Waals surface area contributed by atoms with Crippen LogP contribution in [0, 0.1) is 24.7 Å². The first-order valence-corrected chi connectivity index (χ1v) is 13.7. The minimum Gasteiger partial charge on any atom is -0.352 e. The molecule has 2 heterocycles. The van der Waals surface area contributed by atoms with Gasteiger partial charge in [0.25, 0.3) is 5.91 Å². The lowest BCUT2D eigenvalue weighted by atomic mass is 9.48. The van der Waals surface area contributed by atoms with Crippen LogP contribution in [0.25, 0.3) is 5.69 Å². The molecule has 202 valence electrons. The van der Waals surface area contributed by atoms with Crippen LogP contribution in [-0.4, -0.2) is 32.0 Å². The smallest absolute Gasteiger partial charge is 0.352 e. The third-order valence-electron chi connectivity index (χ3n) is 8.75. The SMILES string of the molecule is Cc1c(Cl)c(C(F)(F)F)nn1CCCNC(=O)c1cn(-c2ccccc2)nc1C12CC3CC(CC(C3)C1)C2. The summed E-state index contributed by atoms with van der Waals surface area (Å²) in [5.74, 6) is 1.95. The molecule has 1 amide bonds. The molecular weight excluding hydrogens is 515 g/mol. The number of benzene rings is 1. The number of carbonyl (C=O) groups excluding carboxylic acids is 1. The summed E-state index contributed by atoms with van der Waals surface area (Å²) in [6, 6.07) is 9.81. The number of carbonyl (C=O) groups is 1. The van der Waals surface area contributed by atoms with E-state index in [1.807, 2.05) is 41.2 Å². The highest BCUT2D eigenvalue weighted by atomic mass is 35.5. The van der Waals surface area contributed by atoms with Crippen LogP contribution in [0.2, 0.25) is 5.02 Å². The van der Waals surface area contributed by atoms with Gasteiger partial charge in [0.2, 0.25) is 0 Å². The van der Waals surface area contributed by atoms with Crippen LogP contribution in [0.3, 0.4) is 0 Å². The Morgan fingerprint density at radius 2 is 1.71 bits per heavy atom. The van der Waals surface area contributed by atoms with E-state index in [0.29, 0.717) is 36.3 Å². The molecule has 4 saturated carbocycles. The van der Waals surface area contributed by atoms with E-state index in [1.165, 1.54) is 30.9 Å². The highest BCUT2D eigenvalue weighted by Gasteiger charge is 2.54. The molecule has 1 aromatic carbocycles. The predicted molar refractivity (Wildman–Crippen MR) is 137 cm³/mol. The van der Waals surface area contributed by atoms with Crippen LogP contribution in [0.15, 0.2) is 36.5 Å². The van der Waals surface area contributed by atoms with Crippen molar-refractivity contribution in [2.24, 2.45) is 17.8 Å². The molecule has 38 heavy (non-hydrogen) atoms. The number of hydrogen-bond acceptors (Lipinski definition) is 3. The fourth-order valence-electron chi connectivity index (χ4n) is 7.49. The van der Waals surface area contributed by atoms with Crippen molar-refractivity contribution >= 4 is 17.5 Å². The van der Waals surface area contributed by atoms with Gasteiger partial charge in [-0.1, -0.05) is 29.8 Å². The van der Waals surface area contributed by atoms with Gasteiger partial charge in [-0.25, -0.2) is 4.68 Å². The Hall–Kier alpha value is -2.81. The molecule has 0 spiro atoms. The standard InChI is InChI=1S/C28H31ClF3N5O/c1-17-23(29)25(28(30,31)32)35-36(17)9-5-8-33-26(38)22-16-37(21-6-3-2-4-7-21)34-24(22)27-13-18-10-19(14-27)12-20(11-18)15-27/h2-4,6-7,16,18-20H,5,8-15H2,1H3,(H,33,38). The van der Waals surface area contributed by atoms with Crippen LogP contribution in [0.4, 0.5) is 13.2 Å². The van der Waals surface area contributed by atoms with E-state index in [2.05, 4.69) is 10.4 Å². The lowest BCUT2D eigenvalue weighted by Gasteiger charge is -2.56. The van der Waals surface area contributed by atoms with Crippen LogP contribution in [-0.2, 0) is 18.1 Å². The number of amides is 1. The van der Waals surface area contributed by atoms with Crippen LogP contribution < -0.4 is 5.32 Å². The first-order valence-electron chi connectivity index (χ1n) is 13.4. The average Bonchev–Trinajstić information content (AvgIpc) is 3.44. The molecule has 4 bridgehead atoms. The number of alkyl halides is 3. The topological polar surface area (TPSA) is 64.7 Å². The number of aryl methyl sites for hydroxylation is 1. The summed E-state index contributed by atoms with van der Waals surface area (Å²) < 4.78 is 42.5. The second-order valence-electron chi connectivity index (χ2n) is 11.4. The van der Waals surface area contributed by atoms with Crippen molar-refractivity contribution in [3.63, 3.8) is 0 Å². The zero-order valence-electron chi connectivity index (χ0n) is 21.3. The Morgan fingerprint density at radius 3 is 2.29 bits per heavy atom. The Kier molecular flexibility index (Phi) is 6.32. The van der Waals surface area contributed by atoms with Gasteiger partial charge >= 0.3 is 6.18 Å². The minimum atomic E-state index is -4.60. The Bertz CT molecular complexity index is 1310. The van der Waals surface area contributed by atoms with Crippen molar-refractivity contribution in [1.82, 2.24) is 24.9 Å². The summed E-state index contributed by atoms with van der Waals surface area (Å²) in [5.41, 5.74) is 1.55. The van der Waals surface area contributed by atoms with Gasteiger partial charge in [-0.2, -0.15) is 23.4 Å². The highest BCUT2D eigenvalue weighted by molar-refractivity contribution is 6.31. The molecule has 1 N–H and O–H groups in total. The summed E-state index contributed by atoms with van der Waals surface area (Å²) >= 11 is 5.86. The Labute approximate surface area is 224 Å². The maximum Gasteiger partial charge on any atom is 0.436 e. The second kappa shape index (κ2) is 9.43. The van der Waals surface area contributed by atoms with Gasteiger partial charge in [0.1, 0.15) is 0 Å². The third kappa shape index (κ3) is 4.52. The van der Waals surface area contributed by atoms with Crippen LogP contribution in [0.1, 0.15) is 72.4 Å². The molecule has 0 unspecified atom stereocenters. The number of nitrogens with one attached hydrogen (secondary N) is 1. The van der Waals surface area contributed by atoms with Crippen molar-refractivity contribution in [2.45, 2.75) is 70.0 Å². The zero-order valence-corrected chi connectivity index (χ0v) is 22.0. The molecule has 0 atom stereocenters. The number of para-hydroxylation sites is 1. The summed E-state index contributed by atoms with van der Waals surface area (Å²) in [6.45, 7) is 2.03. The molecule has 0 saturated heterocycles. The van der Waals surface area contributed by atoms with Gasteiger partial charge in [-0.15, -0.1) is 0 Å². The third-order valence-corrected chi connectivity index (χ3v) is 9.21. The molecular formula is C28H31ClF3N5O. The van der Waals surface area contributed by atoms with Crippen molar-refractivity contribution in [2.75, 3.05) is 6.54 Å². The Morgan fingerprint density at radius 1 is 1.08 bits per heavy atom. The average molecular weight is 546 g/mol. The first kappa shape index (κ1) is 25.5. The number of rotatable bonds is 7. The molecule has 0 radical (unpaired) electrons. The lowest BCUT2D eigenvalue weighted by Crippen LogP contribution is -2.49. The van der Waals surface area contributed by atoms with Crippen LogP contribution >= 0.6 is 11.6 Å². The molecule has 2 aromatic heterocycles. The summed E-state index contributed by atoms with van der Waals surface area (Å²) in [7, 11) is 0. The molecule has 4 fully saturated rings. The van der Waals surface area contributed by atoms with E-state index in [9.17, 15) is 18.0 Å². The fourth-order valence-corrected chi connectivity index (χ4v) is 7.74. The van der Waals surface area contributed by atoms with Crippen LogP contribution in [0.5, 0.6) is 0 Å². The highest BCUT2D eigenvalue weighted by Crippen LogP contribution is 2.60. The van der Waals surface area contributed by atoms with Gasteiger partial charge in [0, 0.05) is 24.7 Å². The molecule has 6 nitrogen and oxygen atoms in total. The van der Waals surface area contributed by atoms with Crippen molar-refractivity contribution in [3.8, 4) is 5.69 Å². The summed E-state index contributed by atoms with van der Waals surface area (Å²) in [5, 5.41) is 11.3. The molecule has 4 aliphatic carbocycles. The van der Waals surface area contributed by atoms with Gasteiger partial charge in [0.05, 0.1) is 27.7 Å². The van der Waals surface area contributed by atoms with E-state index < -0.39 is 11.9 Å². The molecule has 3 aromatic rings.